The molecule has 0 N–H and O–H groups in total. The molecule has 0 aliphatic heterocycles. The molecule has 0 radical (unpaired) electrons. The van der Waals surface area contributed by atoms with Crippen molar-refractivity contribution in [2.45, 2.75) is 103 Å². The third-order valence-corrected chi connectivity index (χ3v) is 7.40. The average Bonchev–Trinajstić information content (AvgIpc) is 2.92. The van der Waals surface area contributed by atoms with Crippen molar-refractivity contribution >= 4 is 0 Å². The summed E-state index contributed by atoms with van der Waals surface area (Å²) in [4.78, 5) is 19.2. The van der Waals surface area contributed by atoms with Crippen molar-refractivity contribution < 1.29 is 18.9 Å². The molecule has 1 aliphatic rings. The van der Waals surface area contributed by atoms with Crippen LogP contribution in [0.3, 0.4) is 0 Å². The summed E-state index contributed by atoms with van der Waals surface area (Å²) in [5, 5.41) is 0. The lowest BCUT2D eigenvalue weighted by Crippen LogP contribution is -2.41. The van der Waals surface area contributed by atoms with E-state index in [-0.39, 0.29) is 48.1 Å². The Morgan fingerprint density at radius 3 is 1.09 bits per heavy atom. The van der Waals surface area contributed by atoms with Crippen molar-refractivity contribution in [2.75, 3.05) is 0 Å². The minimum absolute atomic E-state index is 0.0178. The van der Waals surface area contributed by atoms with Crippen LogP contribution in [0.2, 0.25) is 0 Å². The Kier molecular flexibility index (Phi) is 9.67. The number of nitrogens with zero attached hydrogens (tertiary/aromatic N) is 4. The van der Waals surface area contributed by atoms with E-state index in [0.29, 0.717) is 23.8 Å². The quantitative estimate of drug-likeness (QED) is 0.163. The van der Waals surface area contributed by atoms with Gasteiger partial charge in [0.25, 0.3) is 0 Å². The molecule has 2 aromatic carbocycles. The number of hydrogen-bond donors (Lipinski definition) is 0. The molecule has 44 heavy (non-hydrogen) atoms. The first-order chi connectivity index (χ1) is 21.1. The molecule has 0 saturated heterocycles. The fourth-order valence-corrected chi connectivity index (χ4v) is 5.98. The predicted molar refractivity (Wildman–Crippen MR) is 171 cm³/mol. The molecule has 0 unspecified atom stereocenters. The maximum atomic E-state index is 6.11. The molecule has 0 amide bonds. The fraction of sp³-hybridized carbons (Fsp3) is 0.444. The summed E-state index contributed by atoms with van der Waals surface area (Å²) in [6, 6.07) is 25.7. The van der Waals surface area contributed by atoms with Gasteiger partial charge in [0.1, 0.15) is 0 Å². The Labute approximate surface area is 261 Å². The Morgan fingerprint density at radius 1 is 0.432 bits per heavy atom. The van der Waals surface area contributed by atoms with Crippen molar-refractivity contribution in [3.8, 4) is 23.8 Å². The summed E-state index contributed by atoms with van der Waals surface area (Å²) in [6.45, 7) is 15.9. The van der Waals surface area contributed by atoms with E-state index in [1.807, 2.05) is 79.7 Å². The SMILES string of the molecule is CC(C)Oc1cc([C@H]2[C@H](c3ccccc3)[C@H](c3cc(OC(C)C)nc(OC(C)C)n3)[C@H]2c2ccccc2)nc(OC(C)C)n1. The maximum absolute atomic E-state index is 6.11. The van der Waals surface area contributed by atoms with E-state index in [1.165, 1.54) is 11.1 Å². The molecule has 1 saturated carbocycles. The molecule has 0 atom stereocenters. The van der Waals surface area contributed by atoms with Crippen LogP contribution in [0.4, 0.5) is 0 Å². The summed E-state index contributed by atoms with van der Waals surface area (Å²) in [5.41, 5.74) is 4.14. The van der Waals surface area contributed by atoms with Crippen LogP contribution in [0.15, 0.2) is 72.8 Å². The van der Waals surface area contributed by atoms with Gasteiger partial charge in [-0.3, -0.25) is 0 Å². The van der Waals surface area contributed by atoms with Crippen molar-refractivity contribution in [3.05, 3.63) is 95.3 Å². The highest BCUT2D eigenvalue weighted by Crippen LogP contribution is 2.66. The maximum Gasteiger partial charge on any atom is 0.320 e. The monoisotopic (exact) mass is 596 g/mol. The van der Waals surface area contributed by atoms with Gasteiger partial charge in [0.05, 0.1) is 35.8 Å². The molecule has 0 spiro atoms. The summed E-state index contributed by atoms with van der Waals surface area (Å²) < 4.78 is 24.3. The first-order valence-electron chi connectivity index (χ1n) is 15.6. The van der Waals surface area contributed by atoms with Gasteiger partial charge in [0, 0.05) is 35.8 Å². The summed E-state index contributed by atoms with van der Waals surface area (Å²) in [6.07, 6.45) is -0.261. The minimum Gasteiger partial charge on any atom is -0.475 e. The van der Waals surface area contributed by atoms with Crippen LogP contribution >= 0.6 is 0 Å². The molecule has 5 rings (SSSR count). The van der Waals surface area contributed by atoms with E-state index in [1.54, 1.807) is 0 Å². The first-order valence-corrected chi connectivity index (χ1v) is 15.6. The van der Waals surface area contributed by atoms with E-state index >= 15 is 0 Å². The second-order valence-electron chi connectivity index (χ2n) is 12.4. The Bertz CT molecular complexity index is 1330. The summed E-state index contributed by atoms with van der Waals surface area (Å²) in [7, 11) is 0. The molecule has 0 bridgehead atoms. The number of hydrogen-bond acceptors (Lipinski definition) is 8. The Balaban J connectivity index is 1.71. The summed E-state index contributed by atoms with van der Waals surface area (Å²) in [5.74, 6) is 1.04. The number of benzene rings is 2. The fourth-order valence-electron chi connectivity index (χ4n) is 5.98. The lowest BCUT2D eigenvalue weighted by molar-refractivity contribution is 0.185. The topological polar surface area (TPSA) is 88.5 Å². The highest BCUT2D eigenvalue weighted by atomic mass is 16.5. The van der Waals surface area contributed by atoms with Gasteiger partial charge in [-0.05, 0) is 66.5 Å². The van der Waals surface area contributed by atoms with Gasteiger partial charge in [-0.25, -0.2) is 0 Å². The highest BCUT2D eigenvalue weighted by Gasteiger charge is 2.54. The average molecular weight is 597 g/mol. The zero-order valence-corrected chi connectivity index (χ0v) is 27.0. The molecule has 8 heteroatoms. The molecule has 1 aliphatic carbocycles. The zero-order valence-electron chi connectivity index (χ0n) is 27.0. The van der Waals surface area contributed by atoms with Crippen LogP contribution in [-0.4, -0.2) is 44.4 Å². The molecule has 1 fully saturated rings. The van der Waals surface area contributed by atoms with E-state index in [0.717, 1.165) is 11.4 Å². The third-order valence-electron chi connectivity index (χ3n) is 7.40. The van der Waals surface area contributed by atoms with E-state index in [9.17, 15) is 0 Å². The van der Waals surface area contributed by atoms with Crippen LogP contribution < -0.4 is 18.9 Å². The van der Waals surface area contributed by atoms with E-state index < -0.39 is 0 Å². The Hall–Kier alpha value is -4.20. The largest absolute Gasteiger partial charge is 0.475 e. The van der Waals surface area contributed by atoms with Gasteiger partial charge in [-0.1, -0.05) is 60.7 Å². The molecule has 4 aromatic rings. The van der Waals surface area contributed by atoms with Crippen LogP contribution in [-0.2, 0) is 0 Å². The van der Waals surface area contributed by atoms with Gasteiger partial charge < -0.3 is 18.9 Å². The van der Waals surface area contributed by atoms with Crippen LogP contribution in [0.1, 0.15) is 102 Å². The molecule has 2 heterocycles. The van der Waals surface area contributed by atoms with Crippen molar-refractivity contribution in [1.82, 2.24) is 19.9 Å². The van der Waals surface area contributed by atoms with Crippen molar-refractivity contribution in [3.63, 3.8) is 0 Å². The van der Waals surface area contributed by atoms with E-state index in [4.69, 9.17) is 28.9 Å². The van der Waals surface area contributed by atoms with Gasteiger partial charge in [-0.2, -0.15) is 19.9 Å². The highest BCUT2D eigenvalue weighted by molar-refractivity contribution is 5.47. The molecular weight excluding hydrogens is 552 g/mol. The van der Waals surface area contributed by atoms with Crippen LogP contribution in [0, 0.1) is 0 Å². The first kappa shape index (κ1) is 31.2. The second kappa shape index (κ2) is 13.6. The van der Waals surface area contributed by atoms with Crippen molar-refractivity contribution in [2.24, 2.45) is 0 Å². The lowest BCUT2D eigenvalue weighted by Gasteiger charge is -2.52. The second-order valence-corrected chi connectivity index (χ2v) is 12.4. The minimum atomic E-state index is -0.0825. The zero-order chi connectivity index (χ0) is 31.4. The number of ether oxygens (including phenoxy) is 4. The Morgan fingerprint density at radius 2 is 0.773 bits per heavy atom. The number of aromatic nitrogens is 4. The lowest BCUT2D eigenvalue weighted by atomic mass is 9.50. The number of rotatable bonds is 12. The van der Waals surface area contributed by atoms with E-state index in [2.05, 4.69) is 58.5 Å². The standard InChI is InChI=1S/C36H44N4O4/c1-21(2)41-29-19-27(37-35(39-29)43-23(5)6)33-31(25-15-11-9-12-16-25)34(32(33)26-17-13-10-14-18-26)28-20-30(42-22(3)4)40-36(38-28)44-24(7)8/h9-24,31-34H,1-8H3/t31-,32-,33-,34-. The van der Waals surface area contributed by atoms with Crippen molar-refractivity contribution in [1.29, 1.82) is 0 Å². The summed E-state index contributed by atoms with van der Waals surface area (Å²) >= 11 is 0. The van der Waals surface area contributed by atoms with Gasteiger partial charge >= 0.3 is 12.0 Å². The molecule has 232 valence electrons. The molecule has 8 nitrogen and oxygen atoms in total. The predicted octanol–water partition coefficient (Wildman–Crippen LogP) is 7.86. The normalized spacial score (nSPS) is 19.7. The molecular formula is C36H44N4O4. The van der Waals surface area contributed by atoms with Gasteiger partial charge in [0.15, 0.2) is 0 Å². The van der Waals surface area contributed by atoms with Gasteiger partial charge in [-0.15, -0.1) is 0 Å². The molecule has 2 aromatic heterocycles. The van der Waals surface area contributed by atoms with Crippen LogP contribution in [0.5, 0.6) is 23.8 Å². The van der Waals surface area contributed by atoms with Crippen LogP contribution in [0.25, 0.3) is 0 Å². The smallest absolute Gasteiger partial charge is 0.320 e. The van der Waals surface area contributed by atoms with Gasteiger partial charge in [0.2, 0.25) is 11.8 Å². The third kappa shape index (κ3) is 7.29.